The number of aromatic amines is 1. The Bertz CT molecular complexity index is 1310. The summed E-state index contributed by atoms with van der Waals surface area (Å²) < 4.78 is 36.7. The van der Waals surface area contributed by atoms with E-state index in [0.29, 0.717) is 49.9 Å². The number of halogens is 1. The van der Waals surface area contributed by atoms with Crippen LogP contribution in [0.3, 0.4) is 0 Å². The molecule has 0 spiro atoms. The number of benzene rings is 2. The van der Waals surface area contributed by atoms with Crippen LogP contribution in [0, 0.1) is 0 Å². The summed E-state index contributed by atoms with van der Waals surface area (Å²) >= 11 is 0. The summed E-state index contributed by atoms with van der Waals surface area (Å²) in [4.78, 5) is 19.9. The quantitative estimate of drug-likeness (QED) is 0.381. The van der Waals surface area contributed by atoms with E-state index >= 15 is 0 Å². The van der Waals surface area contributed by atoms with Gasteiger partial charge < -0.3 is 30.0 Å². The zero-order valence-corrected chi connectivity index (χ0v) is 22.0. The summed E-state index contributed by atoms with van der Waals surface area (Å²) in [7, 11) is -1.83. The van der Waals surface area contributed by atoms with Gasteiger partial charge in [0, 0.05) is 49.3 Å². The van der Waals surface area contributed by atoms with Crippen LogP contribution in [-0.4, -0.2) is 76.9 Å². The number of H-pyrrole nitrogens is 1. The van der Waals surface area contributed by atoms with E-state index in [2.05, 4.69) is 14.6 Å². The molecule has 1 fully saturated rings. The van der Waals surface area contributed by atoms with Crippen molar-refractivity contribution in [3.8, 4) is 11.5 Å². The van der Waals surface area contributed by atoms with Gasteiger partial charge in [0.25, 0.3) is 5.91 Å². The van der Waals surface area contributed by atoms with Crippen LogP contribution < -0.4 is 24.8 Å². The van der Waals surface area contributed by atoms with Crippen molar-refractivity contribution in [3.63, 3.8) is 0 Å². The number of aromatic nitrogens is 1. The number of nitrogens with zero attached hydrogens (tertiary/aromatic N) is 2. The second kappa shape index (κ2) is 11.7. The first-order valence-electron chi connectivity index (χ1n) is 11.4. The van der Waals surface area contributed by atoms with Gasteiger partial charge in [0.2, 0.25) is 10.0 Å². The molecule has 0 atom stereocenters. The van der Waals surface area contributed by atoms with E-state index in [0.717, 1.165) is 34.8 Å². The minimum absolute atomic E-state index is 0. The van der Waals surface area contributed by atoms with Crippen molar-refractivity contribution in [3.05, 3.63) is 48.2 Å². The van der Waals surface area contributed by atoms with Crippen LogP contribution in [0.25, 0.3) is 10.9 Å². The van der Waals surface area contributed by atoms with Gasteiger partial charge in [-0.25, -0.2) is 8.42 Å². The number of nitrogens with two attached hydrogens (primary N) is 1. The summed E-state index contributed by atoms with van der Waals surface area (Å²) in [6, 6.07) is 10.9. The third-order valence-electron chi connectivity index (χ3n) is 5.97. The highest BCUT2D eigenvalue weighted by Crippen LogP contribution is 2.32. The van der Waals surface area contributed by atoms with E-state index in [1.165, 1.54) is 0 Å². The largest absolute Gasteiger partial charge is 0.495 e. The van der Waals surface area contributed by atoms with Gasteiger partial charge in [-0.3, -0.25) is 9.52 Å². The van der Waals surface area contributed by atoms with Gasteiger partial charge in [-0.2, -0.15) is 0 Å². The Morgan fingerprint density at radius 3 is 2.56 bits per heavy atom. The normalized spacial score (nSPS) is 13.9. The molecule has 1 saturated heterocycles. The Morgan fingerprint density at radius 1 is 1.14 bits per heavy atom. The fraction of sp³-hybridized carbons (Fsp3) is 0.375. The molecule has 2 aromatic carbocycles. The molecule has 1 aliphatic heterocycles. The molecular weight excluding hydrogens is 506 g/mol. The molecule has 10 nitrogen and oxygen atoms in total. The van der Waals surface area contributed by atoms with Crippen LogP contribution in [0.4, 0.5) is 11.4 Å². The number of piperazine rings is 1. The van der Waals surface area contributed by atoms with Gasteiger partial charge in [-0.05, 0) is 48.9 Å². The summed E-state index contributed by atoms with van der Waals surface area (Å²) in [6.45, 7) is 2.88. The molecule has 36 heavy (non-hydrogen) atoms. The smallest absolute Gasteiger partial charge is 0.260 e. The Morgan fingerprint density at radius 2 is 1.89 bits per heavy atom. The number of rotatable bonds is 9. The lowest BCUT2D eigenvalue weighted by Crippen LogP contribution is -2.50. The van der Waals surface area contributed by atoms with E-state index in [-0.39, 0.29) is 24.9 Å². The molecule has 12 heteroatoms. The predicted molar refractivity (Wildman–Crippen MR) is 144 cm³/mol. The number of fused-ring (bicyclic) bond motifs is 1. The van der Waals surface area contributed by atoms with Crippen molar-refractivity contribution < 1.29 is 22.7 Å². The maximum atomic E-state index is 12.8. The second-order valence-electron chi connectivity index (χ2n) is 8.48. The first-order chi connectivity index (χ1) is 16.8. The molecule has 1 aromatic heterocycles. The second-order valence-corrected chi connectivity index (χ2v) is 10.2. The van der Waals surface area contributed by atoms with Crippen molar-refractivity contribution >= 4 is 50.6 Å². The van der Waals surface area contributed by atoms with Crippen molar-refractivity contribution in [1.82, 2.24) is 9.88 Å². The summed E-state index contributed by atoms with van der Waals surface area (Å²) in [5.74, 6) is 1.14. The van der Waals surface area contributed by atoms with E-state index in [4.69, 9.17) is 15.2 Å². The van der Waals surface area contributed by atoms with Crippen molar-refractivity contribution in [1.29, 1.82) is 0 Å². The van der Waals surface area contributed by atoms with Gasteiger partial charge in [-0.1, -0.05) is 0 Å². The molecule has 196 valence electrons. The fourth-order valence-corrected chi connectivity index (χ4v) is 4.81. The number of sulfonamides is 1. The van der Waals surface area contributed by atoms with Gasteiger partial charge in [0.1, 0.15) is 11.5 Å². The van der Waals surface area contributed by atoms with Gasteiger partial charge in [0.15, 0.2) is 6.61 Å². The van der Waals surface area contributed by atoms with Crippen LogP contribution in [0.2, 0.25) is 0 Å². The average molecular weight is 538 g/mol. The molecule has 4 N–H and O–H groups in total. The van der Waals surface area contributed by atoms with Crippen LogP contribution in [-0.2, 0) is 21.2 Å². The molecule has 3 aromatic rings. The van der Waals surface area contributed by atoms with Crippen LogP contribution in [0.15, 0.2) is 42.6 Å². The fourth-order valence-electron chi connectivity index (χ4n) is 4.26. The zero-order valence-electron chi connectivity index (χ0n) is 20.3. The van der Waals surface area contributed by atoms with Gasteiger partial charge in [0.05, 0.1) is 24.7 Å². The standard InChI is InChI=1S/C24H31N5O5S.ClH/c1-33-23-13-18(27-35(2,31)32)3-6-22(23)28-9-11-29(12-10-28)24(30)16-34-19-4-5-21-20(14-19)17(7-8-25)15-26-21;/h3-6,13-15,26-27H,7-12,16,25H2,1-2H3;1H. The maximum absolute atomic E-state index is 12.8. The highest BCUT2D eigenvalue weighted by atomic mass is 35.5. The SMILES string of the molecule is COc1cc(NS(C)(=O)=O)ccc1N1CCN(C(=O)COc2ccc3[nH]cc(CCN)c3c2)CC1.Cl. The lowest BCUT2D eigenvalue weighted by Gasteiger charge is -2.36. The third kappa shape index (κ3) is 6.54. The van der Waals surface area contributed by atoms with Crippen LogP contribution in [0.1, 0.15) is 5.56 Å². The molecular formula is C24H32ClN5O5S. The number of methoxy groups -OCH3 is 1. The third-order valence-corrected chi connectivity index (χ3v) is 6.58. The minimum Gasteiger partial charge on any atom is -0.495 e. The number of carbonyl (C=O) groups excluding carboxylic acids is 1. The van der Waals surface area contributed by atoms with Crippen LogP contribution in [0.5, 0.6) is 11.5 Å². The van der Waals surface area contributed by atoms with Gasteiger partial charge >= 0.3 is 0 Å². The van der Waals surface area contributed by atoms with Crippen LogP contribution >= 0.6 is 12.4 Å². The van der Waals surface area contributed by atoms with E-state index in [1.54, 1.807) is 24.1 Å². The molecule has 0 saturated carbocycles. The molecule has 0 unspecified atom stereocenters. The number of hydrogen-bond acceptors (Lipinski definition) is 7. The van der Waals surface area contributed by atoms with E-state index < -0.39 is 10.0 Å². The first kappa shape index (κ1) is 27.4. The van der Waals surface area contributed by atoms with Gasteiger partial charge in [-0.15, -0.1) is 12.4 Å². The number of nitrogens with one attached hydrogen (secondary N) is 2. The minimum atomic E-state index is -3.38. The molecule has 0 bridgehead atoms. The molecule has 0 aliphatic carbocycles. The Kier molecular flexibility index (Phi) is 8.93. The van der Waals surface area contributed by atoms with E-state index in [1.807, 2.05) is 30.5 Å². The molecule has 1 aliphatic rings. The number of amides is 1. The highest BCUT2D eigenvalue weighted by molar-refractivity contribution is 7.92. The molecule has 0 radical (unpaired) electrons. The summed E-state index contributed by atoms with van der Waals surface area (Å²) in [5, 5.41) is 1.06. The average Bonchev–Trinajstić information content (AvgIpc) is 3.24. The van der Waals surface area contributed by atoms with Crippen molar-refractivity contribution in [2.24, 2.45) is 5.73 Å². The number of carbonyl (C=O) groups is 1. The maximum Gasteiger partial charge on any atom is 0.260 e. The summed E-state index contributed by atoms with van der Waals surface area (Å²) in [5.41, 5.74) is 9.12. The van der Waals surface area contributed by atoms with Crippen molar-refractivity contribution in [2.75, 3.05) is 62.3 Å². The monoisotopic (exact) mass is 537 g/mol. The highest BCUT2D eigenvalue weighted by Gasteiger charge is 2.23. The Labute approximate surface area is 217 Å². The van der Waals surface area contributed by atoms with Crippen molar-refractivity contribution in [2.45, 2.75) is 6.42 Å². The molecule has 2 heterocycles. The first-order valence-corrected chi connectivity index (χ1v) is 13.3. The predicted octanol–water partition coefficient (Wildman–Crippen LogP) is 2.20. The Balaban J connectivity index is 0.00000361. The lowest BCUT2D eigenvalue weighted by atomic mass is 10.1. The number of ether oxygens (including phenoxy) is 2. The Hall–Kier alpha value is -3.15. The zero-order chi connectivity index (χ0) is 25.0. The molecule has 4 rings (SSSR count). The number of anilines is 2. The lowest BCUT2D eigenvalue weighted by molar-refractivity contribution is -0.133. The number of hydrogen-bond donors (Lipinski definition) is 3. The summed E-state index contributed by atoms with van der Waals surface area (Å²) in [6.07, 6.45) is 3.83. The van der Waals surface area contributed by atoms with E-state index in [9.17, 15) is 13.2 Å². The molecule has 1 amide bonds. The topological polar surface area (TPSA) is 130 Å².